The minimum absolute atomic E-state index is 0.0254. The van der Waals surface area contributed by atoms with E-state index < -0.39 is 0 Å². The molecule has 1 amide bonds. The van der Waals surface area contributed by atoms with Crippen LogP contribution >= 0.6 is 0 Å². The molecule has 0 aromatic heterocycles. The number of nitrogens with one attached hydrogen (secondary N) is 2. The molecular formula is C22H22N2O. The van der Waals surface area contributed by atoms with Crippen LogP contribution in [0.15, 0.2) is 84.9 Å². The zero-order valence-electron chi connectivity index (χ0n) is 14.3. The molecule has 0 saturated carbocycles. The van der Waals surface area contributed by atoms with E-state index in [0.29, 0.717) is 0 Å². The Balaban J connectivity index is 1.65. The van der Waals surface area contributed by atoms with E-state index in [4.69, 9.17) is 0 Å². The number of anilines is 3. The molecule has 1 unspecified atom stereocenters. The first-order chi connectivity index (χ1) is 12.3. The second-order valence-corrected chi connectivity index (χ2v) is 5.93. The SMILES string of the molecule is CCC(C(=O)Nc1ccc(Nc2ccccc2)cc1)c1ccccc1. The van der Waals surface area contributed by atoms with E-state index >= 15 is 0 Å². The van der Waals surface area contributed by atoms with Gasteiger partial charge in [0.25, 0.3) is 0 Å². The summed E-state index contributed by atoms with van der Waals surface area (Å²) in [5.74, 6) is -0.110. The van der Waals surface area contributed by atoms with E-state index in [-0.39, 0.29) is 11.8 Å². The molecule has 1 atom stereocenters. The third-order valence-corrected chi connectivity index (χ3v) is 4.14. The lowest BCUT2D eigenvalue weighted by molar-refractivity contribution is -0.117. The van der Waals surface area contributed by atoms with Crippen LogP contribution < -0.4 is 10.6 Å². The minimum Gasteiger partial charge on any atom is -0.356 e. The van der Waals surface area contributed by atoms with Gasteiger partial charge in [-0.1, -0.05) is 55.5 Å². The third kappa shape index (κ3) is 4.48. The van der Waals surface area contributed by atoms with Gasteiger partial charge in [-0.05, 0) is 48.4 Å². The summed E-state index contributed by atoms with van der Waals surface area (Å²) in [4.78, 5) is 12.6. The number of benzene rings is 3. The average molecular weight is 330 g/mol. The Kier molecular flexibility index (Phi) is 5.47. The van der Waals surface area contributed by atoms with Crippen molar-refractivity contribution in [2.45, 2.75) is 19.3 Å². The highest BCUT2D eigenvalue weighted by Crippen LogP contribution is 2.23. The molecule has 3 rings (SSSR count). The second-order valence-electron chi connectivity index (χ2n) is 5.93. The van der Waals surface area contributed by atoms with E-state index in [1.54, 1.807) is 0 Å². The van der Waals surface area contributed by atoms with Gasteiger partial charge in [0.15, 0.2) is 0 Å². The summed E-state index contributed by atoms with van der Waals surface area (Å²) < 4.78 is 0. The van der Waals surface area contributed by atoms with Crippen molar-refractivity contribution < 1.29 is 4.79 Å². The quantitative estimate of drug-likeness (QED) is 0.621. The van der Waals surface area contributed by atoms with Crippen molar-refractivity contribution in [2.24, 2.45) is 0 Å². The van der Waals surface area contributed by atoms with Gasteiger partial charge in [-0.15, -0.1) is 0 Å². The Morgan fingerprint density at radius 1 is 0.760 bits per heavy atom. The van der Waals surface area contributed by atoms with Gasteiger partial charge in [-0.2, -0.15) is 0 Å². The Labute approximate surface area is 148 Å². The largest absolute Gasteiger partial charge is 0.356 e. The Bertz CT molecular complexity index is 798. The fourth-order valence-electron chi connectivity index (χ4n) is 2.81. The molecule has 0 fully saturated rings. The average Bonchev–Trinajstić information content (AvgIpc) is 2.66. The van der Waals surface area contributed by atoms with E-state index in [9.17, 15) is 4.79 Å². The summed E-state index contributed by atoms with van der Waals surface area (Å²) in [6.07, 6.45) is 0.767. The van der Waals surface area contributed by atoms with Crippen molar-refractivity contribution in [3.8, 4) is 0 Å². The van der Waals surface area contributed by atoms with Gasteiger partial charge in [-0.25, -0.2) is 0 Å². The van der Waals surface area contributed by atoms with Gasteiger partial charge in [-0.3, -0.25) is 4.79 Å². The van der Waals surface area contributed by atoms with Crippen molar-refractivity contribution >= 4 is 23.0 Å². The second kappa shape index (κ2) is 8.15. The van der Waals surface area contributed by atoms with Gasteiger partial charge in [0.05, 0.1) is 5.92 Å². The number of hydrogen-bond donors (Lipinski definition) is 2. The number of hydrogen-bond acceptors (Lipinski definition) is 2. The van der Waals surface area contributed by atoms with Crippen LogP contribution in [-0.2, 0) is 4.79 Å². The van der Waals surface area contributed by atoms with Crippen LogP contribution in [0, 0.1) is 0 Å². The Morgan fingerprint density at radius 3 is 1.88 bits per heavy atom. The summed E-state index contributed by atoms with van der Waals surface area (Å²) in [5.41, 5.74) is 3.87. The van der Waals surface area contributed by atoms with Gasteiger partial charge in [0.1, 0.15) is 0 Å². The first kappa shape index (κ1) is 16.8. The molecule has 0 aliphatic carbocycles. The van der Waals surface area contributed by atoms with Crippen LogP contribution in [0.1, 0.15) is 24.8 Å². The lowest BCUT2D eigenvalue weighted by Crippen LogP contribution is -2.20. The molecule has 3 aromatic rings. The fourth-order valence-corrected chi connectivity index (χ4v) is 2.81. The van der Waals surface area contributed by atoms with Crippen molar-refractivity contribution in [1.82, 2.24) is 0 Å². The minimum atomic E-state index is -0.136. The summed E-state index contributed by atoms with van der Waals surface area (Å²) in [6, 6.07) is 27.7. The maximum Gasteiger partial charge on any atom is 0.231 e. The molecule has 3 aromatic carbocycles. The maximum atomic E-state index is 12.6. The molecule has 0 heterocycles. The highest BCUT2D eigenvalue weighted by atomic mass is 16.1. The molecule has 2 N–H and O–H groups in total. The number of rotatable bonds is 6. The predicted octanol–water partition coefficient (Wildman–Crippen LogP) is 5.56. The first-order valence-corrected chi connectivity index (χ1v) is 8.54. The summed E-state index contributed by atoms with van der Waals surface area (Å²) in [7, 11) is 0. The van der Waals surface area contributed by atoms with Gasteiger partial charge in [0.2, 0.25) is 5.91 Å². The molecule has 25 heavy (non-hydrogen) atoms. The molecule has 3 heteroatoms. The zero-order chi connectivity index (χ0) is 17.5. The molecule has 0 radical (unpaired) electrons. The third-order valence-electron chi connectivity index (χ3n) is 4.14. The molecular weight excluding hydrogens is 308 g/mol. The van der Waals surface area contributed by atoms with Crippen LogP contribution in [0.3, 0.4) is 0 Å². The Hall–Kier alpha value is -3.07. The topological polar surface area (TPSA) is 41.1 Å². The summed E-state index contributed by atoms with van der Waals surface area (Å²) >= 11 is 0. The smallest absolute Gasteiger partial charge is 0.231 e. The van der Waals surface area contributed by atoms with Crippen LogP contribution in [-0.4, -0.2) is 5.91 Å². The van der Waals surface area contributed by atoms with Gasteiger partial charge >= 0.3 is 0 Å². The fraction of sp³-hybridized carbons (Fsp3) is 0.136. The van der Waals surface area contributed by atoms with E-state index in [1.165, 1.54) is 0 Å². The lowest BCUT2D eigenvalue weighted by atomic mass is 9.95. The van der Waals surface area contributed by atoms with Crippen LogP contribution in [0.4, 0.5) is 17.1 Å². The number of carbonyl (C=O) groups excluding carboxylic acids is 1. The van der Waals surface area contributed by atoms with E-state index in [1.807, 2.05) is 91.9 Å². The van der Waals surface area contributed by atoms with Crippen molar-refractivity contribution in [3.05, 3.63) is 90.5 Å². The number of para-hydroxylation sites is 1. The van der Waals surface area contributed by atoms with Crippen LogP contribution in [0.25, 0.3) is 0 Å². The molecule has 0 aliphatic rings. The van der Waals surface area contributed by atoms with E-state index in [0.717, 1.165) is 29.0 Å². The Morgan fingerprint density at radius 2 is 1.28 bits per heavy atom. The normalized spacial score (nSPS) is 11.6. The van der Waals surface area contributed by atoms with Crippen LogP contribution in [0.5, 0.6) is 0 Å². The highest BCUT2D eigenvalue weighted by Gasteiger charge is 2.18. The number of amides is 1. The predicted molar refractivity (Wildman–Crippen MR) is 104 cm³/mol. The van der Waals surface area contributed by atoms with Gasteiger partial charge in [0, 0.05) is 17.1 Å². The number of carbonyl (C=O) groups is 1. The van der Waals surface area contributed by atoms with Crippen molar-refractivity contribution in [1.29, 1.82) is 0 Å². The molecule has 3 nitrogen and oxygen atoms in total. The maximum absolute atomic E-state index is 12.6. The molecule has 0 bridgehead atoms. The molecule has 0 aliphatic heterocycles. The van der Waals surface area contributed by atoms with Crippen LogP contribution in [0.2, 0.25) is 0 Å². The summed E-state index contributed by atoms with van der Waals surface area (Å²) in [6.45, 7) is 2.03. The molecule has 0 spiro atoms. The van der Waals surface area contributed by atoms with Crippen molar-refractivity contribution in [2.75, 3.05) is 10.6 Å². The zero-order valence-corrected chi connectivity index (χ0v) is 14.3. The lowest BCUT2D eigenvalue weighted by Gasteiger charge is -2.16. The van der Waals surface area contributed by atoms with Gasteiger partial charge < -0.3 is 10.6 Å². The molecule has 0 saturated heterocycles. The van der Waals surface area contributed by atoms with E-state index in [2.05, 4.69) is 10.6 Å². The standard InChI is InChI=1S/C22H22N2O/c1-2-21(17-9-5-3-6-10-17)22(25)24-20-15-13-19(14-16-20)23-18-11-7-4-8-12-18/h3-16,21,23H,2H2,1H3,(H,24,25). The van der Waals surface area contributed by atoms with Crippen molar-refractivity contribution in [3.63, 3.8) is 0 Å². The monoisotopic (exact) mass is 330 g/mol. The summed E-state index contributed by atoms with van der Waals surface area (Å²) in [5, 5.41) is 6.35. The molecule has 126 valence electrons. The highest BCUT2D eigenvalue weighted by molar-refractivity contribution is 5.96. The first-order valence-electron chi connectivity index (χ1n) is 8.54.